The van der Waals surface area contributed by atoms with Crippen molar-refractivity contribution in [1.82, 2.24) is 0 Å². The molecule has 1 N–H and O–H groups in total. The van der Waals surface area contributed by atoms with Crippen molar-refractivity contribution in [3.8, 4) is 6.07 Å². The minimum Gasteiger partial charge on any atom is -0.319 e. The topological polar surface area (TPSA) is 96.0 Å². The van der Waals surface area contributed by atoms with Gasteiger partial charge in [-0.15, -0.1) is 0 Å². The van der Waals surface area contributed by atoms with Crippen LogP contribution in [-0.2, 0) is 4.79 Å². The third kappa shape index (κ3) is 3.16. The quantitative estimate of drug-likeness (QED) is 0.660. The fraction of sp³-hybridized carbons (Fsp3) is 0.200. The molecule has 1 atom stereocenters. The number of rotatable bonds is 3. The molecule has 0 heterocycles. The zero-order valence-electron chi connectivity index (χ0n) is 8.81. The van der Waals surface area contributed by atoms with Crippen LogP contribution in [0.5, 0.6) is 0 Å². The molecule has 0 fully saturated rings. The monoisotopic (exact) mass is 253 g/mol. The van der Waals surface area contributed by atoms with Gasteiger partial charge in [-0.3, -0.25) is 14.9 Å². The molecule has 6 nitrogen and oxygen atoms in total. The van der Waals surface area contributed by atoms with E-state index in [0.29, 0.717) is 0 Å². The molecule has 0 aliphatic rings. The average Bonchev–Trinajstić information content (AvgIpc) is 2.29. The molecule has 88 valence electrons. The van der Waals surface area contributed by atoms with E-state index in [9.17, 15) is 14.9 Å². The van der Waals surface area contributed by atoms with Crippen molar-refractivity contribution < 1.29 is 9.72 Å². The Hall–Kier alpha value is -2.13. The first-order chi connectivity index (χ1) is 7.95. The SMILES string of the molecule is CC(C#N)C(=O)Nc1ccc(Cl)cc1[N+](=O)[O-]. The van der Waals surface area contributed by atoms with Gasteiger partial charge in [0.25, 0.3) is 5.69 Å². The lowest BCUT2D eigenvalue weighted by Gasteiger charge is -2.06. The van der Waals surface area contributed by atoms with Crippen LogP contribution in [-0.4, -0.2) is 10.8 Å². The number of halogens is 1. The Morgan fingerprint density at radius 1 is 1.65 bits per heavy atom. The fourth-order valence-electron chi connectivity index (χ4n) is 1.06. The fourth-order valence-corrected chi connectivity index (χ4v) is 1.23. The Bertz CT molecular complexity index is 510. The Kier molecular flexibility index (Phi) is 4.01. The van der Waals surface area contributed by atoms with E-state index in [4.69, 9.17) is 16.9 Å². The van der Waals surface area contributed by atoms with Gasteiger partial charge in [-0.1, -0.05) is 11.6 Å². The van der Waals surface area contributed by atoms with Crippen LogP contribution in [0.25, 0.3) is 0 Å². The molecule has 7 heteroatoms. The second-order valence-electron chi connectivity index (χ2n) is 3.26. The van der Waals surface area contributed by atoms with Crippen LogP contribution < -0.4 is 5.32 Å². The highest BCUT2D eigenvalue weighted by Crippen LogP contribution is 2.27. The van der Waals surface area contributed by atoms with E-state index in [1.54, 1.807) is 6.07 Å². The van der Waals surface area contributed by atoms with Crippen LogP contribution >= 0.6 is 11.6 Å². The zero-order chi connectivity index (χ0) is 13.0. The molecule has 1 aromatic rings. The summed E-state index contributed by atoms with van der Waals surface area (Å²) in [4.78, 5) is 21.5. The number of nitro benzene ring substituents is 1. The number of carbonyl (C=O) groups excluding carboxylic acids is 1. The number of amides is 1. The molecule has 0 aromatic heterocycles. The second kappa shape index (κ2) is 5.27. The molecule has 0 saturated carbocycles. The largest absolute Gasteiger partial charge is 0.319 e. The van der Waals surface area contributed by atoms with E-state index in [0.717, 1.165) is 6.07 Å². The molecule has 17 heavy (non-hydrogen) atoms. The minimum atomic E-state index is -0.884. The number of benzene rings is 1. The maximum Gasteiger partial charge on any atom is 0.294 e. The Morgan fingerprint density at radius 2 is 2.29 bits per heavy atom. The first-order valence-corrected chi connectivity index (χ1v) is 4.98. The minimum absolute atomic E-state index is 0.0199. The van der Waals surface area contributed by atoms with E-state index in [2.05, 4.69) is 5.32 Å². The lowest BCUT2D eigenvalue weighted by Crippen LogP contribution is -2.19. The molecule has 1 rings (SSSR count). The highest BCUT2D eigenvalue weighted by atomic mass is 35.5. The summed E-state index contributed by atoms with van der Waals surface area (Å²) in [6, 6.07) is 5.61. The van der Waals surface area contributed by atoms with Crippen LogP contribution in [0.3, 0.4) is 0 Å². The summed E-state index contributed by atoms with van der Waals surface area (Å²) in [5.74, 6) is -1.48. The van der Waals surface area contributed by atoms with Crippen LogP contribution in [0.4, 0.5) is 11.4 Å². The maximum atomic E-state index is 11.4. The van der Waals surface area contributed by atoms with Gasteiger partial charge in [0.2, 0.25) is 5.91 Å². The van der Waals surface area contributed by atoms with Gasteiger partial charge >= 0.3 is 0 Å². The third-order valence-corrected chi connectivity index (χ3v) is 2.24. The Balaban J connectivity index is 3.03. The van der Waals surface area contributed by atoms with Gasteiger partial charge in [-0.25, -0.2) is 0 Å². The number of anilines is 1. The summed E-state index contributed by atoms with van der Waals surface area (Å²) in [5, 5.41) is 21.8. The summed E-state index contributed by atoms with van der Waals surface area (Å²) >= 11 is 5.62. The molecule has 0 bridgehead atoms. The normalized spacial score (nSPS) is 11.4. The van der Waals surface area contributed by atoms with Crippen molar-refractivity contribution in [3.05, 3.63) is 33.3 Å². The van der Waals surface area contributed by atoms with Crippen molar-refractivity contribution in [3.63, 3.8) is 0 Å². The van der Waals surface area contributed by atoms with Gasteiger partial charge in [0.15, 0.2) is 0 Å². The summed E-state index contributed by atoms with van der Waals surface area (Å²) in [7, 11) is 0. The van der Waals surface area contributed by atoms with Gasteiger partial charge in [0, 0.05) is 11.1 Å². The molecule has 0 aliphatic carbocycles. The van der Waals surface area contributed by atoms with Crippen LogP contribution in [0.1, 0.15) is 6.92 Å². The zero-order valence-corrected chi connectivity index (χ0v) is 9.56. The first kappa shape index (κ1) is 12.9. The predicted molar refractivity (Wildman–Crippen MR) is 61.5 cm³/mol. The van der Waals surface area contributed by atoms with Gasteiger partial charge in [-0.05, 0) is 19.1 Å². The lowest BCUT2D eigenvalue weighted by molar-refractivity contribution is -0.383. The van der Waals surface area contributed by atoms with Crippen LogP contribution in [0, 0.1) is 27.4 Å². The summed E-state index contributed by atoms with van der Waals surface area (Å²) < 4.78 is 0. The molecule has 1 unspecified atom stereocenters. The van der Waals surface area contributed by atoms with Gasteiger partial charge < -0.3 is 5.32 Å². The summed E-state index contributed by atoms with van der Waals surface area (Å²) in [5.41, 5.74) is -0.289. The summed E-state index contributed by atoms with van der Waals surface area (Å²) in [6.45, 7) is 1.40. The number of nitriles is 1. The summed E-state index contributed by atoms with van der Waals surface area (Å²) in [6.07, 6.45) is 0. The smallest absolute Gasteiger partial charge is 0.294 e. The lowest BCUT2D eigenvalue weighted by atomic mass is 10.2. The van der Waals surface area contributed by atoms with E-state index < -0.39 is 16.7 Å². The Morgan fingerprint density at radius 3 is 2.82 bits per heavy atom. The third-order valence-electron chi connectivity index (χ3n) is 2.00. The number of nitrogens with zero attached hydrogens (tertiary/aromatic N) is 2. The molecular weight excluding hydrogens is 246 g/mol. The molecular formula is C10H8ClN3O3. The average molecular weight is 254 g/mol. The Labute approximate surface area is 102 Å². The molecule has 0 aliphatic heterocycles. The van der Waals surface area contributed by atoms with Crippen molar-refractivity contribution >= 4 is 28.9 Å². The molecule has 1 aromatic carbocycles. The van der Waals surface area contributed by atoms with Gasteiger partial charge in [0.1, 0.15) is 11.6 Å². The van der Waals surface area contributed by atoms with Crippen molar-refractivity contribution in [2.24, 2.45) is 5.92 Å². The van der Waals surface area contributed by atoms with E-state index in [-0.39, 0.29) is 16.4 Å². The number of nitrogens with one attached hydrogen (secondary N) is 1. The number of nitro groups is 1. The van der Waals surface area contributed by atoms with E-state index >= 15 is 0 Å². The number of hydrogen-bond donors (Lipinski definition) is 1. The second-order valence-corrected chi connectivity index (χ2v) is 3.70. The molecule has 0 saturated heterocycles. The van der Waals surface area contributed by atoms with Crippen molar-refractivity contribution in [2.45, 2.75) is 6.92 Å². The van der Waals surface area contributed by atoms with Gasteiger partial charge in [-0.2, -0.15) is 5.26 Å². The molecule has 0 radical (unpaired) electrons. The van der Waals surface area contributed by atoms with Crippen LogP contribution in [0.2, 0.25) is 5.02 Å². The van der Waals surface area contributed by atoms with E-state index in [1.807, 2.05) is 0 Å². The van der Waals surface area contributed by atoms with Gasteiger partial charge in [0.05, 0.1) is 11.0 Å². The number of carbonyl (C=O) groups is 1. The highest BCUT2D eigenvalue weighted by Gasteiger charge is 2.19. The van der Waals surface area contributed by atoms with Crippen molar-refractivity contribution in [2.75, 3.05) is 5.32 Å². The standard InChI is InChI=1S/C10H8ClN3O3/c1-6(5-12)10(15)13-8-3-2-7(11)4-9(8)14(16)17/h2-4,6H,1H3,(H,13,15). The maximum absolute atomic E-state index is 11.4. The van der Waals surface area contributed by atoms with Crippen LogP contribution in [0.15, 0.2) is 18.2 Å². The predicted octanol–water partition coefficient (Wildman–Crippen LogP) is 2.35. The highest BCUT2D eigenvalue weighted by molar-refractivity contribution is 6.31. The van der Waals surface area contributed by atoms with E-state index in [1.165, 1.54) is 19.1 Å². The van der Waals surface area contributed by atoms with Crippen molar-refractivity contribution in [1.29, 1.82) is 5.26 Å². The number of hydrogen-bond acceptors (Lipinski definition) is 4. The first-order valence-electron chi connectivity index (χ1n) is 4.60. The molecule has 1 amide bonds. The molecule has 0 spiro atoms.